The third kappa shape index (κ3) is 6.31. The fourth-order valence-corrected chi connectivity index (χ4v) is 7.07. The summed E-state index contributed by atoms with van der Waals surface area (Å²) < 4.78 is 26.7. The van der Waals surface area contributed by atoms with Crippen molar-refractivity contribution in [2.45, 2.75) is 24.4 Å². The van der Waals surface area contributed by atoms with Crippen LogP contribution in [0.15, 0.2) is 59.5 Å². The summed E-state index contributed by atoms with van der Waals surface area (Å²) in [7, 11) is -2.38. The van der Waals surface area contributed by atoms with Gasteiger partial charge in [0.05, 0.1) is 10.5 Å². The van der Waals surface area contributed by atoms with Gasteiger partial charge in [0.2, 0.25) is 10.0 Å². The second-order valence-electron chi connectivity index (χ2n) is 8.94. The number of thiophene rings is 1. The van der Waals surface area contributed by atoms with E-state index in [1.165, 1.54) is 41.2 Å². The van der Waals surface area contributed by atoms with Crippen molar-refractivity contribution in [3.63, 3.8) is 0 Å². The molecule has 12 heteroatoms. The van der Waals surface area contributed by atoms with Gasteiger partial charge < -0.3 is 21.5 Å². The van der Waals surface area contributed by atoms with Gasteiger partial charge in [-0.3, -0.25) is 14.5 Å². The number of sulfonamides is 1. The Hall–Kier alpha value is -3.71. The van der Waals surface area contributed by atoms with Crippen molar-refractivity contribution in [2.24, 2.45) is 0 Å². The van der Waals surface area contributed by atoms with Crippen molar-refractivity contribution >= 4 is 50.6 Å². The van der Waals surface area contributed by atoms with E-state index in [0.717, 1.165) is 40.3 Å². The van der Waals surface area contributed by atoms with Gasteiger partial charge in [0.25, 0.3) is 11.8 Å². The Kier molecular flexibility index (Phi) is 9.02. The number of carbonyl (C=O) groups excluding carboxylic acids is 2. The highest BCUT2D eigenvalue weighted by Gasteiger charge is 2.29. The van der Waals surface area contributed by atoms with E-state index in [-0.39, 0.29) is 29.5 Å². The van der Waals surface area contributed by atoms with Crippen LogP contribution in [0.25, 0.3) is 0 Å². The van der Waals surface area contributed by atoms with Crippen LogP contribution in [0.3, 0.4) is 0 Å². The highest BCUT2D eigenvalue weighted by atomic mass is 32.2. The van der Waals surface area contributed by atoms with E-state index >= 15 is 0 Å². The number of benzene rings is 2. The predicted molar refractivity (Wildman–Crippen MR) is 153 cm³/mol. The van der Waals surface area contributed by atoms with Crippen molar-refractivity contribution in [3.05, 3.63) is 81.7 Å². The Bertz CT molecular complexity index is 1460. The van der Waals surface area contributed by atoms with Gasteiger partial charge in [-0.15, -0.1) is 11.3 Å². The lowest BCUT2D eigenvalue weighted by molar-refractivity contribution is 0.0962. The number of amides is 2. The first-order valence-corrected chi connectivity index (χ1v) is 14.6. The minimum Gasteiger partial charge on any atom is -0.355 e. The summed E-state index contributed by atoms with van der Waals surface area (Å²) in [4.78, 5) is 29.2. The maximum atomic E-state index is 13.1. The zero-order chi connectivity index (χ0) is 28.0. The van der Waals surface area contributed by atoms with E-state index in [1.54, 1.807) is 7.05 Å². The molecule has 2 heterocycles. The number of anilines is 1. The van der Waals surface area contributed by atoms with Gasteiger partial charge in [-0.05, 0) is 41.8 Å². The van der Waals surface area contributed by atoms with Crippen LogP contribution >= 0.6 is 11.3 Å². The molecule has 10 nitrogen and oxygen atoms in total. The number of fused-ring (bicyclic) bond motifs is 1. The average Bonchev–Trinajstić information content (AvgIpc) is 3.30. The first kappa shape index (κ1) is 28.3. The normalized spacial score (nSPS) is 13.5. The lowest BCUT2D eigenvalue weighted by atomic mass is 10.0. The molecule has 1 aliphatic rings. The molecule has 39 heavy (non-hydrogen) atoms. The van der Waals surface area contributed by atoms with Crippen molar-refractivity contribution < 1.29 is 18.0 Å². The molecular formula is C27H30N6O4S2. The van der Waals surface area contributed by atoms with Gasteiger partial charge in [0.15, 0.2) is 0 Å². The average molecular weight is 567 g/mol. The zero-order valence-corrected chi connectivity index (χ0v) is 23.1. The van der Waals surface area contributed by atoms with Crippen LogP contribution < -0.4 is 10.6 Å². The molecule has 0 unspecified atom stereocenters. The lowest BCUT2D eigenvalue weighted by Gasteiger charge is -2.27. The molecule has 1 aliphatic heterocycles. The van der Waals surface area contributed by atoms with E-state index in [0.29, 0.717) is 23.5 Å². The lowest BCUT2D eigenvalue weighted by Crippen LogP contribution is -2.34. The number of carbonyl (C=O) groups is 2. The highest BCUT2D eigenvalue weighted by molar-refractivity contribution is 7.89. The molecule has 0 fully saturated rings. The van der Waals surface area contributed by atoms with Gasteiger partial charge in [-0.25, -0.2) is 8.42 Å². The number of hydrogen-bond acceptors (Lipinski definition) is 8. The minimum atomic E-state index is -3.93. The number of rotatable bonds is 11. The van der Waals surface area contributed by atoms with E-state index < -0.39 is 15.9 Å². The maximum absolute atomic E-state index is 13.1. The molecule has 204 valence electrons. The largest absolute Gasteiger partial charge is 0.355 e. The summed E-state index contributed by atoms with van der Waals surface area (Å²) >= 11 is 1.39. The third-order valence-corrected chi connectivity index (χ3v) is 9.39. The van der Waals surface area contributed by atoms with Crippen molar-refractivity contribution in [3.8, 4) is 0 Å². The maximum Gasteiger partial charge on any atom is 0.256 e. The molecule has 4 N–H and O–H groups in total. The summed E-state index contributed by atoms with van der Waals surface area (Å²) in [6.07, 6.45) is 2.59. The summed E-state index contributed by atoms with van der Waals surface area (Å²) in [5.74, 6) is -0.724. The zero-order valence-electron chi connectivity index (χ0n) is 21.4. The second kappa shape index (κ2) is 12.4. The monoisotopic (exact) mass is 566 g/mol. The van der Waals surface area contributed by atoms with E-state index in [9.17, 15) is 18.0 Å². The van der Waals surface area contributed by atoms with E-state index in [4.69, 9.17) is 10.8 Å². The van der Waals surface area contributed by atoms with Crippen LogP contribution in [0.2, 0.25) is 0 Å². The van der Waals surface area contributed by atoms with Crippen LogP contribution in [0.4, 0.5) is 5.00 Å². The highest BCUT2D eigenvalue weighted by Crippen LogP contribution is 2.37. The molecule has 4 rings (SSSR count). The predicted octanol–water partition coefficient (Wildman–Crippen LogP) is 3.21. The summed E-state index contributed by atoms with van der Waals surface area (Å²) in [6.45, 7) is 1.94. The summed E-state index contributed by atoms with van der Waals surface area (Å²) in [5.41, 5.74) is 2.86. The first-order chi connectivity index (χ1) is 18.8. The van der Waals surface area contributed by atoms with Crippen molar-refractivity contribution in [1.82, 2.24) is 14.5 Å². The van der Waals surface area contributed by atoms with Gasteiger partial charge in [0, 0.05) is 62.6 Å². The summed E-state index contributed by atoms with van der Waals surface area (Å²) in [6, 6.07) is 15.6. The van der Waals surface area contributed by atoms with Crippen molar-refractivity contribution in [2.75, 3.05) is 32.0 Å². The van der Waals surface area contributed by atoms with Gasteiger partial charge in [-0.2, -0.15) is 4.31 Å². The molecule has 0 saturated heterocycles. The van der Waals surface area contributed by atoms with Crippen LogP contribution in [0, 0.1) is 10.8 Å². The minimum absolute atomic E-state index is 0.0427. The molecule has 2 aromatic carbocycles. The fourth-order valence-electron chi connectivity index (χ4n) is 4.46. The molecule has 3 aromatic rings. The molecule has 0 spiro atoms. The Balaban J connectivity index is 1.54. The SMILES string of the molecule is CNC(=O)c1c(NC(=O)c2ccc(S(=O)(=O)N(CC=N)CC=N)cc2)sc2c1CCN(Cc1ccccc1)C2. The van der Waals surface area contributed by atoms with Crippen LogP contribution in [-0.2, 0) is 29.5 Å². The summed E-state index contributed by atoms with van der Waals surface area (Å²) in [5, 5.41) is 20.5. The van der Waals surface area contributed by atoms with Gasteiger partial charge in [-0.1, -0.05) is 30.3 Å². The topological polar surface area (TPSA) is 147 Å². The first-order valence-electron chi connectivity index (χ1n) is 12.3. The standard InChI is InChI=1S/C27H30N6O4S2/c1-30-26(35)24-22-11-14-32(17-19-5-3-2-4-6-19)18-23(22)38-27(24)31-25(34)20-7-9-21(10-8-20)39(36,37)33(15-12-28)16-13-29/h2-10,12-13,28-29H,11,14-18H2,1H3,(H,30,35)(H,31,34). The third-order valence-electron chi connectivity index (χ3n) is 6.41. The smallest absolute Gasteiger partial charge is 0.256 e. The quantitative estimate of drug-likeness (QED) is 0.263. The molecule has 0 aliphatic carbocycles. The van der Waals surface area contributed by atoms with Crippen LogP contribution in [0.1, 0.15) is 36.7 Å². The molecule has 1 aromatic heterocycles. The molecule has 2 amide bonds. The Labute approximate surface area is 231 Å². The van der Waals surface area contributed by atoms with E-state index in [1.807, 2.05) is 18.2 Å². The Morgan fingerprint density at radius 1 is 1.03 bits per heavy atom. The number of hydrogen-bond donors (Lipinski definition) is 4. The molecule has 0 saturated carbocycles. The van der Waals surface area contributed by atoms with Crippen LogP contribution in [-0.4, -0.2) is 68.5 Å². The van der Waals surface area contributed by atoms with Gasteiger partial charge in [0.1, 0.15) is 5.00 Å². The molecular weight excluding hydrogens is 536 g/mol. The second-order valence-corrected chi connectivity index (χ2v) is 12.0. The Morgan fingerprint density at radius 2 is 1.69 bits per heavy atom. The molecule has 0 radical (unpaired) electrons. The molecule has 0 atom stereocenters. The fraction of sp³-hybridized carbons (Fsp3) is 0.259. The van der Waals surface area contributed by atoms with E-state index in [2.05, 4.69) is 27.7 Å². The molecule has 0 bridgehead atoms. The Morgan fingerprint density at radius 3 is 2.31 bits per heavy atom. The van der Waals surface area contributed by atoms with Crippen molar-refractivity contribution in [1.29, 1.82) is 10.8 Å². The number of nitrogens with zero attached hydrogens (tertiary/aromatic N) is 2. The number of nitrogens with one attached hydrogen (secondary N) is 4. The van der Waals surface area contributed by atoms with Crippen LogP contribution in [0.5, 0.6) is 0 Å². The van der Waals surface area contributed by atoms with Gasteiger partial charge >= 0.3 is 0 Å².